The van der Waals surface area contributed by atoms with E-state index in [1.54, 1.807) is 11.3 Å². The van der Waals surface area contributed by atoms with Crippen molar-refractivity contribution >= 4 is 23.1 Å². The van der Waals surface area contributed by atoms with Gasteiger partial charge in [0.15, 0.2) is 5.76 Å². The standard InChI is InChI=1S/C17H21N3O3S/c1-7(2)22-17-13-8(3)10(5)24-16(13)14-9(4)20-23-15(14)11(19-17)6-12(18)21/h7,11H,6H2,1-5H3,(H2,18,21)/p+1. The van der Waals surface area contributed by atoms with Crippen molar-refractivity contribution in [3.63, 3.8) is 0 Å². The molecule has 7 heteroatoms. The smallest absolute Gasteiger partial charge is 0.311 e. The molecule has 3 rings (SSSR count). The van der Waals surface area contributed by atoms with Gasteiger partial charge in [-0.2, -0.15) is 0 Å². The molecule has 0 aromatic carbocycles. The van der Waals surface area contributed by atoms with E-state index in [-0.39, 0.29) is 18.4 Å². The molecule has 3 heterocycles. The summed E-state index contributed by atoms with van der Waals surface area (Å²) in [4.78, 5) is 18.6. The van der Waals surface area contributed by atoms with Gasteiger partial charge in [-0.1, -0.05) is 5.16 Å². The Hall–Kier alpha value is -1.99. The molecule has 0 saturated carbocycles. The van der Waals surface area contributed by atoms with Gasteiger partial charge in [-0.05, 0) is 40.2 Å². The molecule has 1 amide bonds. The van der Waals surface area contributed by atoms with Crippen LogP contribution >= 0.6 is 11.3 Å². The van der Waals surface area contributed by atoms with Crippen LogP contribution in [0.2, 0.25) is 0 Å². The fourth-order valence-corrected chi connectivity index (χ4v) is 4.14. The van der Waals surface area contributed by atoms with Crippen molar-refractivity contribution in [3.8, 4) is 10.4 Å². The van der Waals surface area contributed by atoms with E-state index >= 15 is 0 Å². The number of aryl methyl sites for hydroxylation is 2. The normalized spacial score (nSPS) is 16.5. The number of amides is 1. The zero-order chi connectivity index (χ0) is 17.6. The fraction of sp³-hybridized carbons (Fsp3) is 0.471. The molecule has 0 aliphatic carbocycles. The lowest BCUT2D eigenvalue weighted by Crippen LogP contribution is -2.57. The number of hydrogen-bond donors (Lipinski definition) is 1. The van der Waals surface area contributed by atoms with Gasteiger partial charge < -0.3 is 9.26 Å². The molecule has 6 nitrogen and oxygen atoms in total. The van der Waals surface area contributed by atoms with Crippen molar-refractivity contribution in [2.75, 3.05) is 0 Å². The van der Waals surface area contributed by atoms with E-state index in [0.717, 1.165) is 27.3 Å². The van der Waals surface area contributed by atoms with E-state index < -0.39 is 6.04 Å². The van der Waals surface area contributed by atoms with Crippen molar-refractivity contribution in [1.29, 1.82) is 0 Å². The summed E-state index contributed by atoms with van der Waals surface area (Å²) >= 11 is 1.68. The van der Waals surface area contributed by atoms with E-state index in [9.17, 15) is 4.79 Å². The molecule has 1 unspecified atom stereocenters. The van der Waals surface area contributed by atoms with Crippen LogP contribution in [-0.4, -0.2) is 23.1 Å². The van der Waals surface area contributed by atoms with Gasteiger partial charge in [0.1, 0.15) is 6.04 Å². The Labute approximate surface area is 144 Å². The van der Waals surface area contributed by atoms with Gasteiger partial charge in [0, 0.05) is 4.88 Å². The van der Waals surface area contributed by atoms with Crippen molar-refractivity contribution in [2.24, 2.45) is 4.99 Å². The maximum absolute atomic E-state index is 11.6. The minimum atomic E-state index is -0.459. The summed E-state index contributed by atoms with van der Waals surface area (Å²) < 4.78 is 11.6. The second kappa shape index (κ2) is 6.14. The van der Waals surface area contributed by atoms with Gasteiger partial charge in [0.25, 0.3) is 0 Å². The highest BCUT2D eigenvalue weighted by atomic mass is 32.1. The van der Waals surface area contributed by atoms with E-state index in [0.29, 0.717) is 11.7 Å². The molecule has 0 fully saturated rings. The number of ether oxygens (including phenoxy) is 1. The van der Waals surface area contributed by atoms with E-state index in [1.165, 1.54) is 4.88 Å². The van der Waals surface area contributed by atoms with Gasteiger partial charge in [-0.15, -0.1) is 11.3 Å². The number of hydrogen-bond acceptors (Lipinski definition) is 6. The Morgan fingerprint density at radius 1 is 1.33 bits per heavy atom. The lowest BCUT2D eigenvalue weighted by molar-refractivity contribution is -0.306. The van der Waals surface area contributed by atoms with E-state index in [4.69, 9.17) is 14.3 Å². The molecular weight excluding hydrogens is 326 g/mol. The maximum Gasteiger partial charge on any atom is 0.311 e. The molecule has 2 aromatic rings. The summed E-state index contributed by atoms with van der Waals surface area (Å²) in [5.74, 6) is 0.999. The van der Waals surface area contributed by atoms with Crippen molar-refractivity contribution in [1.82, 2.24) is 5.16 Å². The van der Waals surface area contributed by atoms with Crippen LogP contribution in [0, 0.1) is 20.8 Å². The topological polar surface area (TPSA) is 92.3 Å². The van der Waals surface area contributed by atoms with Crippen molar-refractivity contribution in [3.05, 3.63) is 27.5 Å². The summed E-state index contributed by atoms with van der Waals surface area (Å²) in [6.45, 7) is 10.00. The first-order valence-corrected chi connectivity index (χ1v) is 8.77. The Morgan fingerprint density at radius 3 is 2.67 bits per heavy atom. The van der Waals surface area contributed by atoms with Crippen LogP contribution in [0.1, 0.15) is 53.8 Å². The first kappa shape index (κ1) is 16.9. The predicted octanol–water partition coefficient (Wildman–Crippen LogP) is 2.71. The second-order valence-corrected chi connectivity index (χ2v) is 7.58. The molecule has 1 aliphatic heterocycles. The number of aliphatic imine (C=N–C) groups is 1. The van der Waals surface area contributed by atoms with Crippen molar-refractivity contribution < 1.29 is 19.8 Å². The number of fused-ring (bicyclic) bond motifs is 3. The first-order valence-electron chi connectivity index (χ1n) is 7.95. The number of nitrogens with zero attached hydrogens (tertiary/aromatic N) is 2. The van der Waals surface area contributed by atoms with Gasteiger partial charge in [-0.25, -0.2) is 9.79 Å². The molecule has 3 N–H and O–H groups in total. The van der Waals surface area contributed by atoms with Crippen LogP contribution < -0.4 is 5.73 Å². The summed E-state index contributed by atoms with van der Waals surface area (Å²) in [6, 6.07) is -0.459. The second-order valence-electron chi connectivity index (χ2n) is 6.35. The number of aromatic nitrogens is 1. The minimum absolute atomic E-state index is 0.0177. The van der Waals surface area contributed by atoms with Gasteiger partial charge >= 0.3 is 5.91 Å². The highest BCUT2D eigenvalue weighted by Gasteiger charge is 2.35. The maximum atomic E-state index is 11.6. The van der Waals surface area contributed by atoms with Gasteiger partial charge in [0.2, 0.25) is 5.90 Å². The van der Waals surface area contributed by atoms with E-state index in [2.05, 4.69) is 24.7 Å². The molecule has 1 aliphatic rings. The lowest BCUT2D eigenvalue weighted by Gasteiger charge is -2.14. The third kappa shape index (κ3) is 2.78. The molecule has 0 bridgehead atoms. The molecule has 2 aromatic heterocycles. The predicted molar refractivity (Wildman–Crippen MR) is 92.0 cm³/mol. The molecule has 0 saturated heterocycles. The third-order valence-corrected chi connectivity index (χ3v) is 5.28. The highest BCUT2D eigenvalue weighted by molar-refractivity contribution is 7.16. The van der Waals surface area contributed by atoms with Gasteiger partial charge in [0.05, 0.1) is 34.2 Å². The zero-order valence-electron chi connectivity index (χ0n) is 14.6. The summed E-state index contributed by atoms with van der Waals surface area (Å²) in [7, 11) is 0. The molecule has 0 spiro atoms. The molecule has 24 heavy (non-hydrogen) atoms. The van der Waals surface area contributed by atoms with Crippen molar-refractivity contribution in [2.45, 2.75) is 53.2 Å². The number of quaternary nitrogens is 1. The van der Waals surface area contributed by atoms with Gasteiger partial charge in [-0.3, -0.25) is 5.73 Å². The Morgan fingerprint density at radius 2 is 2.04 bits per heavy atom. The lowest BCUT2D eigenvalue weighted by atomic mass is 10.0. The summed E-state index contributed by atoms with van der Waals surface area (Å²) in [6.07, 6.45) is 0.149. The molecule has 1 atom stereocenters. The largest absolute Gasteiger partial charge is 0.475 e. The summed E-state index contributed by atoms with van der Waals surface area (Å²) in [5.41, 5.74) is 7.35. The van der Waals surface area contributed by atoms with Crippen LogP contribution in [-0.2, 0) is 9.53 Å². The number of carbonyl (C=O) groups is 1. The summed E-state index contributed by atoms with van der Waals surface area (Å²) in [5, 5.41) is 4.11. The monoisotopic (exact) mass is 348 g/mol. The fourth-order valence-electron chi connectivity index (χ4n) is 2.88. The van der Waals surface area contributed by atoms with Crippen LogP contribution in [0.3, 0.4) is 0 Å². The highest BCUT2D eigenvalue weighted by Crippen LogP contribution is 2.45. The Balaban J connectivity index is 2.28. The Kier molecular flexibility index (Phi) is 4.31. The molecular formula is C17H22N3O3S+. The van der Waals surface area contributed by atoms with E-state index in [1.807, 2.05) is 20.8 Å². The van der Waals surface area contributed by atoms with Crippen LogP contribution in [0.15, 0.2) is 9.52 Å². The number of rotatable bonds is 3. The number of carbonyl (C=O) groups excluding carboxylic acids is 1. The quantitative estimate of drug-likeness (QED) is 0.923. The third-order valence-electron chi connectivity index (χ3n) is 4.06. The zero-order valence-corrected chi connectivity index (χ0v) is 15.4. The van der Waals surface area contributed by atoms with Crippen LogP contribution in [0.4, 0.5) is 0 Å². The molecule has 128 valence electrons. The Bertz CT molecular complexity index is 832. The minimum Gasteiger partial charge on any atom is -0.475 e. The SMILES string of the molecule is Cc1noc2c1-c1sc(C)c(C)c1C(OC(C)C)=NC2CC([NH3+])=O. The average Bonchev–Trinajstić information content (AvgIpc) is 2.94. The van der Waals surface area contributed by atoms with Crippen LogP contribution in [0.25, 0.3) is 10.4 Å². The number of thiophene rings is 1. The first-order chi connectivity index (χ1) is 11.3. The molecule has 0 radical (unpaired) electrons. The average molecular weight is 348 g/mol. The van der Waals surface area contributed by atoms with Crippen LogP contribution in [0.5, 0.6) is 0 Å².